The lowest BCUT2D eigenvalue weighted by molar-refractivity contribution is 0.166. The lowest BCUT2D eigenvalue weighted by Gasteiger charge is -2.47. The highest BCUT2D eigenvalue weighted by atomic mass is 28.4. The molecule has 1 saturated heterocycles. The SMILES string of the molecule is CC1(C)CCc2c(ccc3c2ccc2ccccc23)C1(C)C.O.O1[SiH2]O[SiH2]O[SiH2]O[SiH2]1. The summed E-state index contributed by atoms with van der Waals surface area (Å²) in [5.41, 5.74) is 3.70. The Bertz CT molecular complexity index is 1020. The predicted molar refractivity (Wildman–Crippen MR) is 139 cm³/mol. The third-order valence-electron chi connectivity index (χ3n) is 7.07. The van der Waals surface area contributed by atoms with Crippen molar-refractivity contribution in [1.82, 2.24) is 0 Å². The summed E-state index contributed by atoms with van der Waals surface area (Å²) in [7, 11) is -2.61. The van der Waals surface area contributed by atoms with E-state index in [9.17, 15) is 0 Å². The summed E-state index contributed by atoms with van der Waals surface area (Å²) >= 11 is 0. The minimum absolute atomic E-state index is 0. The van der Waals surface area contributed by atoms with Crippen molar-refractivity contribution in [1.29, 1.82) is 0 Å². The molecule has 0 amide bonds. The van der Waals surface area contributed by atoms with Crippen LogP contribution in [-0.4, -0.2) is 45.5 Å². The summed E-state index contributed by atoms with van der Waals surface area (Å²) in [6.45, 7) is 9.66. The van der Waals surface area contributed by atoms with Gasteiger partial charge in [-0.2, -0.15) is 0 Å². The molecular formula is C22H34O5Si4. The second kappa shape index (κ2) is 10.2. The highest BCUT2D eigenvalue weighted by Gasteiger charge is 2.42. The van der Waals surface area contributed by atoms with Gasteiger partial charge in [-0.05, 0) is 56.3 Å². The van der Waals surface area contributed by atoms with E-state index in [1.54, 1.807) is 11.1 Å². The molecule has 0 atom stereocenters. The molecule has 0 unspecified atom stereocenters. The van der Waals surface area contributed by atoms with E-state index in [1.807, 2.05) is 0 Å². The summed E-state index contributed by atoms with van der Waals surface area (Å²) in [5, 5.41) is 5.59. The van der Waals surface area contributed by atoms with Crippen LogP contribution < -0.4 is 0 Å². The van der Waals surface area contributed by atoms with E-state index >= 15 is 0 Å². The van der Waals surface area contributed by atoms with Crippen LogP contribution in [0.25, 0.3) is 21.5 Å². The van der Waals surface area contributed by atoms with Crippen LogP contribution in [0.1, 0.15) is 45.2 Å². The summed E-state index contributed by atoms with van der Waals surface area (Å²) < 4.78 is 20.4. The zero-order chi connectivity index (χ0) is 21.2. The van der Waals surface area contributed by atoms with E-state index in [-0.39, 0.29) is 10.9 Å². The van der Waals surface area contributed by atoms with Crippen LogP contribution in [-0.2, 0) is 28.3 Å². The standard InChI is InChI=1S/C22H24.H8O4Si4.H2O/c1-21(2)14-13-19-18-10-9-15-7-5-6-8-16(15)17(18)11-12-20(19)22(21,3)4;1-5-2-7-4-8-3-6-1;/h5-12H,13-14H2,1-4H3;5-8H2;1H2. The summed E-state index contributed by atoms with van der Waals surface area (Å²) in [5.74, 6) is 0. The van der Waals surface area contributed by atoms with Crippen molar-refractivity contribution < 1.29 is 21.9 Å². The molecule has 1 heterocycles. The van der Waals surface area contributed by atoms with E-state index < -0.39 is 40.0 Å². The average Bonchev–Trinajstić information content (AvgIpc) is 2.70. The normalized spacial score (nSPS) is 23.0. The second-order valence-electron chi connectivity index (χ2n) is 9.27. The highest BCUT2D eigenvalue weighted by molar-refractivity contribution is 6.50. The van der Waals surface area contributed by atoms with Crippen molar-refractivity contribution in [2.24, 2.45) is 5.41 Å². The lowest BCUT2D eigenvalue weighted by atomic mass is 9.57. The van der Waals surface area contributed by atoms with Crippen LogP contribution >= 0.6 is 0 Å². The smallest absolute Gasteiger partial charge is 0.286 e. The van der Waals surface area contributed by atoms with Gasteiger partial charge in [0.05, 0.1) is 0 Å². The van der Waals surface area contributed by atoms with E-state index in [1.165, 1.54) is 34.4 Å². The second-order valence-corrected chi connectivity index (χ2v) is 16.7. The molecule has 1 fully saturated rings. The molecule has 1 aliphatic carbocycles. The van der Waals surface area contributed by atoms with Crippen LogP contribution in [0.5, 0.6) is 0 Å². The molecule has 5 rings (SSSR count). The molecule has 5 nitrogen and oxygen atoms in total. The van der Waals surface area contributed by atoms with Crippen molar-refractivity contribution in [3.05, 3.63) is 59.7 Å². The number of hydrogen-bond donors (Lipinski definition) is 0. The van der Waals surface area contributed by atoms with Crippen molar-refractivity contribution >= 4 is 61.6 Å². The quantitative estimate of drug-likeness (QED) is 0.354. The van der Waals surface area contributed by atoms with Crippen LogP contribution in [0.3, 0.4) is 0 Å². The Labute approximate surface area is 194 Å². The minimum atomic E-state index is -0.653. The van der Waals surface area contributed by atoms with Crippen molar-refractivity contribution in [2.75, 3.05) is 0 Å². The topological polar surface area (TPSA) is 68.4 Å². The van der Waals surface area contributed by atoms with Gasteiger partial charge >= 0.3 is 0 Å². The van der Waals surface area contributed by atoms with Gasteiger partial charge in [0.1, 0.15) is 0 Å². The fourth-order valence-corrected chi connectivity index (χ4v) is 11.7. The zero-order valence-electron chi connectivity index (χ0n) is 19.0. The Morgan fingerprint density at radius 1 is 0.677 bits per heavy atom. The molecule has 168 valence electrons. The third-order valence-corrected chi connectivity index (χ3v) is 12.4. The number of rotatable bonds is 0. The first-order chi connectivity index (χ1) is 14.4. The zero-order valence-corrected chi connectivity index (χ0v) is 24.7. The maximum Gasteiger partial charge on any atom is 0.286 e. The number of benzene rings is 3. The van der Waals surface area contributed by atoms with Gasteiger partial charge in [-0.25, -0.2) is 0 Å². The minimum Gasteiger partial charge on any atom is -0.425 e. The monoisotopic (exact) mass is 490 g/mol. The first-order valence-corrected chi connectivity index (χ1v) is 15.3. The first kappa shape index (κ1) is 24.5. The molecule has 0 saturated carbocycles. The summed E-state index contributed by atoms with van der Waals surface area (Å²) in [6.07, 6.45) is 2.46. The molecule has 31 heavy (non-hydrogen) atoms. The molecule has 3 aromatic carbocycles. The fourth-order valence-electron chi connectivity index (χ4n) is 4.49. The molecule has 0 aromatic heterocycles. The van der Waals surface area contributed by atoms with Gasteiger partial charge in [-0.3, -0.25) is 0 Å². The Balaban J connectivity index is 0.000000258. The van der Waals surface area contributed by atoms with Crippen LogP contribution in [0.2, 0.25) is 0 Å². The Morgan fingerprint density at radius 3 is 1.90 bits per heavy atom. The third kappa shape index (κ3) is 4.94. The molecule has 3 aromatic rings. The molecule has 0 bridgehead atoms. The molecule has 1 aliphatic heterocycles. The molecule has 2 N–H and O–H groups in total. The Kier molecular flexibility index (Phi) is 8.05. The van der Waals surface area contributed by atoms with E-state index in [2.05, 4.69) is 76.2 Å². The van der Waals surface area contributed by atoms with Crippen LogP contribution in [0, 0.1) is 5.41 Å². The van der Waals surface area contributed by atoms with Gasteiger partial charge in [-0.1, -0.05) is 76.2 Å². The van der Waals surface area contributed by atoms with Crippen molar-refractivity contribution in [3.8, 4) is 0 Å². The predicted octanol–water partition coefficient (Wildman–Crippen LogP) is 1.48. The van der Waals surface area contributed by atoms with E-state index in [0.29, 0.717) is 5.41 Å². The molecular weight excluding hydrogens is 457 g/mol. The summed E-state index contributed by atoms with van der Waals surface area (Å²) in [6, 6.07) is 18.1. The van der Waals surface area contributed by atoms with E-state index in [0.717, 1.165) is 0 Å². The highest BCUT2D eigenvalue weighted by Crippen LogP contribution is 2.51. The van der Waals surface area contributed by atoms with Crippen LogP contribution in [0.15, 0.2) is 48.5 Å². The average molecular weight is 491 g/mol. The van der Waals surface area contributed by atoms with Crippen molar-refractivity contribution in [3.63, 3.8) is 0 Å². The van der Waals surface area contributed by atoms with Crippen molar-refractivity contribution in [2.45, 2.75) is 46.0 Å². The van der Waals surface area contributed by atoms with Gasteiger partial charge in [0, 0.05) is 0 Å². The Hall–Kier alpha value is -1.15. The van der Waals surface area contributed by atoms with Gasteiger partial charge in [0.2, 0.25) is 0 Å². The Morgan fingerprint density at radius 2 is 1.26 bits per heavy atom. The van der Waals surface area contributed by atoms with Gasteiger partial charge in [0.15, 0.2) is 0 Å². The molecule has 2 aliphatic rings. The number of hydrogen-bond acceptors (Lipinski definition) is 4. The lowest BCUT2D eigenvalue weighted by Crippen LogP contribution is -2.41. The van der Waals surface area contributed by atoms with Gasteiger partial charge < -0.3 is 21.9 Å². The summed E-state index contributed by atoms with van der Waals surface area (Å²) in [4.78, 5) is 0. The molecule has 0 radical (unpaired) electrons. The molecule has 0 spiro atoms. The number of fused-ring (bicyclic) bond motifs is 5. The maximum atomic E-state index is 5.10. The van der Waals surface area contributed by atoms with Gasteiger partial charge in [0.25, 0.3) is 40.0 Å². The van der Waals surface area contributed by atoms with Crippen LogP contribution in [0.4, 0.5) is 0 Å². The van der Waals surface area contributed by atoms with Gasteiger partial charge in [-0.15, -0.1) is 0 Å². The fraction of sp³-hybridized carbons (Fsp3) is 0.364. The van der Waals surface area contributed by atoms with E-state index in [4.69, 9.17) is 16.5 Å². The maximum absolute atomic E-state index is 5.10. The molecule has 9 heteroatoms. The largest absolute Gasteiger partial charge is 0.425 e. The first-order valence-electron chi connectivity index (χ1n) is 10.7. The number of aryl methyl sites for hydroxylation is 1.